The molecule has 1 saturated carbocycles. The Labute approximate surface area is 201 Å². The van der Waals surface area contributed by atoms with Crippen LogP contribution in [0.2, 0.25) is 0 Å². The van der Waals surface area contributed by atoms with Crippen molar-refractivity contribution in [1.82, 2.24) is 4.90 Å². The Hall–Kier alpha value is -4.14. The highest BCUT2D eigenvalue weighted by molar-refractivity contribution is 6.25. The molecule has 1 heterocycles. The first-order valence-corrected chi connectivity index (χ1v) is 11.3. The lowest BCUT2D eigenvalue weighted by atomic mass is 9.73. The minimum Gasteiger partial charge on any atom is -0.511 e. The summed E-state index contributed by atoms with van der Waals surface area (Å²) in [5.41, 5.74) is 0.996. The van der Waals surface area contributed by atoms with Gasteiger partial charge < -0.3 is 5.11 Å². The van der Waals surface area contributed by atoms with Gasteiger partial charge in [0.15, 0.2) is 5.78 Å². The van der Waals surface area contributed by atoms with Crippen molar-refractivity contribution >= 4 is 34.7 Å². The number of carbonyl (C=O) groups excluding carboxylic acids is 3. The second-order valence-electron chi connectivity index (χ2n) is 9.51. The third kappa shape index (κ3) is 4.89. The zero-order valence-corrected chi connectivity index (χ0v) is 19.5. The number of nitro groups is 1. The third-order valence-electron chi connectivity index (χ3n) is 6.12. The van der Waals surface area contributed by atoms with E-state index in [2.05, 4.69) is 4.99 Å². The molecule has 35 heavy (non-hydrogen) atoms. The number of Topliss-reactive ketones (excluding diaryl/α,β-unsaturated/α-hetero) is 1. The van der Waals surface area contributed by atoms with Crippen molar-refractivity contribution in [3.63, 3.8) is 0 Å². The van der Waals surface area contributed by atoms with E-state index in [4.69, 9.17) is 0 Å². The monoisotopic (exact) mass is 475 g/mol. The summed E-state index contributed by atoms with van der Waals surface area (Å²) in [7, 11) is 0. The summed E-state index contributed by atoms with van der Waals surface area (Å²) in [5.74, 6) is -1.17. The molecular weight excluding hydrogens is 450 g/mol. The fourth-order valence-corrected chi connectivity index (χ4v) is 4.51. The van der Waals surface area contributed by atoms with Crippen LogP contribution < -0.4 is 0 Å². The van der Waals surface area contributed by atoms with Crippen LogP contribution >= 0.6 is 0 Å². The van der Waals surface area contributed by atoms with Gasteiger partial charge in [-0.2, -0.15) is 0 Å². The molecule has 1 fully saturated rings. The second kappa shape index (κ2) is 9.25. The normalized spacial score (nSPS) is 19.8. The van der Waals surface area contributed by atoms with Gasteiger partial charge in [-0.25, -0.2) is 0 Å². The number of allylic oxidation sites excluding steroid dienone is 2. The average Bonchev–Trinajstić information content (AvgIpc) is 3.03. The maximum Gasteiger partial charge on any atom is 0.271 e. The molecular formula is C26H25N3O6. The molecule has 1 aliphatic heterocycles. The summed E-state index contributed by atoms with van der Waals surface area (Å²) in [6.45, 7) is 3.94. The Bertz CT molecular complexity index is 1270. The molecule has 4 rings (SSSR count). The highest BCUT2D eigenvalue weighted by Gasteiger charge is 2.37. The quantitative estimate of drug-likeness (QED) is 0.207. The third-order valence-corrected chi connectivity index (χ3v) is 6.12. The van der Waals surface area contributed by atoms with Crippen LogP contribution in [0, 0.1) is 15.5 Å². The number of amides is 2. The minimum atomic E-state index is -0.521. The number of benzene rings is 2. The van der Waals surface area contributed by atoms with Crippen molar-refractivity contribution in [2.75, 3.05) is 6.54 Å². The van der Waals surface area contributed by atoms with Gasteiger partial charge in [0.05, 0.1) is 33.0 Å². The van der Waals surface area contributed by atoms with Gasteiger partial charge in [0.2, 0.25) is 0 Å². The summed E-state index contributed by atoms with van der Waals surface area (Å²) in [4.78, 5) is 54.3. The molecule has 0 aromatic heterocycles. The molecule has 0 radical (unpaired) electrons. The van der Waals surface area contributed by atoms with E-state index in [0.29, 0.717) is 28.9 Å². The van der Waals surface area contributed by atoms with E-state index in [1.54, 1.807) is 30.3 Å². The molecule has 0 atom stereocenters. The number of aliphatic hydroxyl groups excluding tert-OH is 1. The lowest BCUT2D eigenvalue weighted by Crippen LogP contribution is -2.33. The number of nitrogens with zero attached hydrogens (tertiary/aromatic N) is 3. The van der Waals surface area contributed by atoms with Gasteiger partial charge in [0.25, 0.3) is 17.5 Å². The fraction of sp³-hybridized carbons (Fsp3) is 0.308. The van der Waals surface area contributed by atoms with Crippen LogP contribution in [0.15, 0.2) is 64.9 Å². The van der Waals surface area contributed by atoms with E-state index in [1.165, 1.54) is 18.2 Å². The van der Waals surface area contributed by atoms with Crippen LogP contribution in [0.5, 0.6) is 0 Å². The van der Waals surface area contributed by atoms with E-state index in [-0.39, 0.29) is 65.8 Å². The molecule has 2 amide bonds. The molecule has 2 aliphatic rings. The predicted octanol–water partition coefficient (Wildman–Crippen LogP) is 4.94. The number of aliphatic imine (C=N–C) groups is 1. The number of imide groups is 1. The molecule has 9 nitrogen and oxygen atoms in total. The van der Waals surface area contributed by atoms with Gasteiger partial charge in [-0.1, -0.05) is 32.0 Å². The van der Waals surface area contributed by atoms with Crippen LogP contribution in [-0.4, -0.2) is 44.8 Å². The largest absolute Gasteiger partial charge is 0.511 e. The van der Waals surface area contributed by atoms with E-state index in [1.807, 2.05) is 13.8 Å². The van der Waals surface area contributed by atoms with Crippen LogP contribution in [0.3, 0.4) is 0 Å². The Kier molecular flexibility index (Phi) is 6.34. The van der Waals surface area contributed by atoms with Crippen molar-refractivity contribution in [2.24, 2.45) is 10.4 Å². The summed E-state index contributed by atoms with van der Waals surface area (Å²) in [6, 6.07) is 12.4. The van der Waals surface area contributed by atoms with Crippen molar-refractivity contribution in [3.05, 3.63) is 81.1 Å². The van der Waals surface area contributed by atoms with Crippen LogP contribution in [0.25, 0.3) is 0 Å². The lowest BCUT2D eigenvalue weighted by Gasteiger charge is -2.31. The van der Waals surface area contributed by atoms with Gasteiger partial charge in [0, 0.05) is 31.5 Å². The number of hydrogen-bond acceptors (Lipinski definition) is 7. The predicted molar refractivity (Wildman–Crippen MR) is 129 cm³/mol. The molecule has 0 saturated heterocycles. The number of hydrogen-bond donors (Lipinski definition) is 1. The minimum absolute atomic E-state index is 0.0723. The van der Waals surface area contributed by atoms with Crippen LogP contribution in [-0.2, 0) is 4.79 Å². The topological polar surface area (TPSA) is 130 Å². The van der Waals surface area contributed by atoms with E-state index in [9.17, 15) is 29.6 Å². The molecule has 1 N–H and O–H groups in total. The number of non-ortho nitro benzene ring substituents is 1. The van der Waals surface area contributed by atoms with Gasteiger partial charge in [0.1, 0.15) is 5.76 Å². The first-order valence-electron chi connectivity index (χ1n) is 11.3. The van der Waals surface area contributed by atoms with E-state index >= 15 is 0 Å². The Morgan fingerprint density at radius 3 is 2.34 bits per heavy atom. The van der Waals surface area contributed by atoms with Gasteiger partial charge in [-0.05, 0) is 36.5 Å². The second-order valence-corrected chi connectivity index (χ2v) is 9.51. The molecule has 180 valence electrons. The zero-order valence-electron chi connectivity index (χ0n) is 19.5. The van der Waals surface area contributed by atoms with Crippen LogP contribution in [0.1, 0.15) is 60.2 Å². The first kappa shape index (κ1) is 24.0. The Balaban J connectivity index is 1.56. The number of carbonyl (C=O) groups is 3. The molecule has 9 heteroatoms. The standard InChI is InChI=1S/C26H25N3O6/c1-26(2)14-20(27-16-7-5-8-17(13-16)29(34)35)23(22(31)15-26)21(30)11-6-12-28-24(32)18-9-3-4-10-19(18)25(28)33/h3-5,7-10,13,30H,6,11-12,14-15H2,1-2H3/b23-21-,27-20?. The summed E-state index contributed by atoms with van der Waals surface area (Å²) >= 11 is 0. The van der Waals surface area contributed by atoms with Gasteiger partial charge in [-0.15, -0.1) is 0 Å². The zero-order chi connectivity index (χ0) is 25.3. The fourth-order valence-electron chi connectivity index (χ4n) is 4.51. The highest BCUT2D eigenvalue weighted by Crippen LogP contribution is 2.37. The maximum atomic E-state index is 13.0. The number of nitro benzene ring substituents is 1. The average molecular weight is 476 g/mol. The molecule has 0 spiro atoms. The Morgan fingerprint density at radius 1 is 1.06 bits per heavy atom. The summed E-state index contributed by atoms with van der Waals surface area (Å²) < 4.78 is 0. The van der Waals surface area contributed by atoms with Gasteiger partial charge >= 0.3 is 0 Å². The number of fused-ring (bicyclic) bond motifs is 1. The van der Waals surface area contributed by atoms with Crippen molar-refractivity contribution in [2.45, 2.75) is 39.5 Å². The Morgan fingerprint density at radius 2 is 1.71 bits per heavy atom. The molecule has 2 aromatic rings. The van der Waals surface area contributed by atoms with E-state index in [0.717, 1.165) is 4.90 Å². The summed E-state index contributed by atoms with van der Waals surface area (Å²) in [5, 5.41) is 22.0. The molecule has 2 aromatic carbocycles. The lowest BCUT2D eigenvalue weighted by molar-refractivity contribution is -0.384. The number of ketones is 1. The van der Waals surface area contributed by atoms with Crippen LogP contribution in [0.4, 0.5) is 11.4 Å². The molecule has 0 unspecified atom stereocenters. The summed E-state index contributed by atoms with van der Waals surface area (Å²) in [6.07, 6.45) is 0.961. The maximum absolute atomic E-state index is 13.0. The van der Waals surface area contributed by atoms with Crippen molar-refractivity contribution < 1.29 is 24.4 Å². The smallest absolute Gasteiger partial charge is 0.271 e. The van der Waals surface area contributed by atoms with Crippen molar-refractivity contribution in [1.29, 1.82) is 0 Å². The number of rotatable bonds is 6. The molecule has 1 aliphatic carbocycles. The highest BCUT2D eigenvalue weighted by atomic mass is 16.6. The molecule has 0 bridgehead atoms. The van der Waals surface area contributed by atoms with E-state index < -0.39 is 4.92 Å². The first-order chi connectivity index (χ1) is 16.6. The van der Waals surface area contributed by atoms with Gasteiger partial charge in [-0.3, -0.25) is 34.4 Å². The SMILES string of the molecule is CC1(C)CC(=O)/C(=C(\O)CCCN2C(=O)c3ccccc3C2=O)C(=Nc2cccc([N+](=O)[O-])c2)C1. The number of aliphatic hydroxyl groups is 1. The van der Waals surface area contributed by atoms with Crippen molar-refractivity contribution in [3.8, 4) is 0 Å².